The Morgan fingerprint density at radius 3 is 2.71 bits per heavy atom. The summed E-state index contributed by atoms with van der Waals surface area (Å²) < 4.78 is 37.5. The van der Waals surface area contributed by atoms with Crippen LogP contribution in [0.5, 0.6) is 0 Å². The molecule has 0 saturated carbocycles. The van der Waals surface area contributed by atoms with Crippen molar-refractivity contribution in [3.8, 4) is 0 Å². The molecule has 1 atom stereocenters. The molecule has 21 heavy (non-hydrogen) atoms. The summed E-state index contributed by atoms with van der Waals surface area (Å²) in [6, 6.07) is 2.21. The standard InChI is InChI=1S/C13H16F3N3O2/c14-13(15,16)9-2-3-11(18-7-9)19-5-1-4-12(21,8-19)6-10(17)20/h2-3,7,21H,1,4-6,8H2,(H2,17,20). The van der Waals surface area contributed by atoms with Gasteiger partial charge in [-0.25, -0.2) is 4.98 Å². The first-order valence-corrected chi connectivity index (χ1v) is 6.48. The first-order chi connectivity index (χ1) is 9.70. The van der Waals surface area contributed by atoms with Crippen molar-refractivity contribution in [2.75, 3.05) is 18.0 Å². The fourth-order valence-electron chi connectivity index (χ4n) is 2.52. The molecule has 1 aliphatic rings. The van der Waals surface area contributed by atoms with Gasteiger partial charge in [-0.15, -0.1) is 0 Å². The summed E-state index contributed by atoms with van der Waals surface area (Å²) in [7, 11) is 0. The molecule has 5 nitrogen and oxygen atoms in total. The molecule has 8 heteroatoms. The van der Waals surface area contributed by atoms with Crippen molar-refractivity contribution in [3.63, 3.8) is 0 Å². The Bertz CT molecular complexity index is 518. The number of piperidine rings is 1. The van der Waals surface area contributed by atoms with Crippen LogP contribution in [0.2, 0.25) is 0 Å². The van der Waals surface area contributed by atoms with Gasteiger partial charge >= 0.3 is 6.18 Å². The lowest BCUT2D eigenvalue weighted by atomic mass is 9.89. The fraction of sp³-hybridized carbons (Fsp3) is 0.538. The van der Waals surface area contributed by atoms with E-state index >= 15 is 0 Å². The molecule has 0 aliphatic carbocycles. The number of nitrogens with zero attached hydrogens (tertiary/aromatic N) is 2. The number of anilines is 1. The van der Waals surface area contributed by atoms with E-state index in [1.165, 1.54) is 6.07 Å². The van der Waals surface area contributed by atoms with E-state index in [4.69, 9.17) is 5.73 Å². The number of carbonyl (C=O) groups excluding carboxylic acids is 1. The Labute approximate surface area is 119 Å². The number of rotatable bonds is 3. The molecule has 1 amide bonds. The van der Waals surface area contributed by atoms with E-state index in [1.807, 2.05) is 0 Å². The zero-order valence-corrected chi connectivity index (χ0v) is 11.2. The van der Waals surface area contributed by atoms with Crippen LogP contribution in [0.25, 0.3) is 0 Å². The number of hydrogen-bond acceptors (Lipinski definition) is 4. The van der Waals surface area contributed by atoms with Crippen LogP contribution in [0, 0.1) is 0 Å². The summed E-state index contributed by atoms with van der Waals surface area (Å²) in [5.41, 5.74) is 3.02. The van der Waals surface area contributed by atoms with E-state index < -0.39 is 23.2 Å². The number of aromatic nitrogens is 1. The van der Waals surface area contributed by atoms with Crippen LogP contribution < -0.4 is 10.6 Å². The molecule has 1 unspecified atom stereocenters. The van der Waals surface area contributed by atoms with Crippen LogP contribution in [-0.4, -0.2) is 34.7 Å². The smallest absolute Gasteiger partial charge is 0.388 e. The summed E-state index contributed by atoms with van der Waals surface area (Å²) in [4.78, 5) is 16.4. The largest absolute Gasteiger partial charge is 0.417 e. The number of β-amino-alcohol motifs (C(OH)–C–C–N with tert-alkyl or cyclic N) is 1. The number of halogens is 3. The molecule has 1 aromatic rings. The number of primary amides is 1. The number of carbonyl (C=O) groups is 1. The van der Waals surface area contributed by atoms with Crippen LogP contribution in [-0.2, 0) is 11.0 Å². The van der Waals surface area contributed by atoms with Crippen molar-refractivity contribution in [3.05, 3.63) is 23.9 Å². The van der Waals surface area contributed by atoms with Gasteiger partial charge in [0.2, 0.25) is 5.91 Å². The SMILES string of the molecule is NC(=O)CC1(O)CCCN(c2ccc(C(F)(F)F)cn2)C1. The van der Waals surface area contributed by atoms with E-state index in [1.54, 1.807) is 4.90 Å². The minimum atomic E-state index is -4.43. The van der Waals surface area contributed by atoms with E-state index in [9.17, 15) is 23.1 Å². The van der Waals surface area contributed by atoms with Crippen LogP contribution in [0.15, 0.2) is 18.3 Å². The van der Waals surface area contributed by atoms with E-state index in [-0.39, 0.29) is 13.0 Å². The van der Waals surface area contributed by atoms with Gasteiger partial charge in [0, 0.05) is 19.3 Å². The third-order valence-electron chi connectivity index (χ3n) is 3.46. The van der Waals surface area contributed by atoms with Crippen LogP contribution in [0.4, 0.5) is 19.0 Å². The highest BCUT2D eigenvalue weighted by Gasteiger charge is 2.36. The molecule has 0 bridgehead atoms. The minimum absolute atomic E-state index is 0.119. The molecule has 0 aromatic carbocycles. The summed E-state index contributed by atoms with van der Waals surface area (Å²) in [5.74, 6) is -0.273. The van der Waals surface area contributed by atoms with Gasteiger partial charge in [-0.3, -0.25) is 4.79 Å². The van der Waals surface area contributed by atoms with Gasteiger partial charge in [-0.05, 0) is 25.0 Å². The Hall–Kier alpha value is -1.83. The topological polar surface area (TPSA) is 79.5 Å². The molecule has 116 valence electrons. The van der Waals surface area contributed by atoms with Crippen molar-refractivity contribution in [1.29, 1.82) is 0 Å². The average Bonchev–Trinajstić information content (AvgIpc) is 2.36. The van der Waals surface area contributed by atoms with Gasteiger partial charge in [0.05, 0.1) is 17.6 Å². The molecule has 0 spiro atoms. The van der Waals surface area contributed by atoms with Crippen molar-refractivity contribution < 1.29 is 23.1 Å². The Morgan fingerprint density at radius 1 is 1.48 bits per heavy atom. The van der Waals surface area contributed by atoms with Gasteiger partial charge in [0.25, 0.3) is 0 Å². The van der Waals surface area contributed by atoms with Crippen molar-refractivity contribution in [2.45, 2.75) is 31.0 Å². The van der Waals surface area contributed by atoms with Gasteiger partial charge in [-0.2, -0.15) is 13.2 Å². The normalized spacial score (nSPS) is 23.1. The van der Waals surface area contributed by atoms with Gasteiger partial charge in [0.15, 0.2) is 0 Å². The zero-order valence-electron chi connectivity index (χ0n) is 11.2. The maximum absolute atomic E-state index is 12.5. The average molecular weight is 303 g/mol. The molecular weight excluding hydrogens is 287 g/mol. The van der Waals surface area contributed by atoms with Gasteiger partial charge < -0.3 is 15.7 Å². The van der Waals surface area contributed by atoms with E-state index in [0.29, 0.717) is 25.2 Å². The molecule has 3 N–H and O–H groups in total. The van der Waals surface area contributed by atoms with Crippen LogP contribution in [0.1, 0.15) is 24.8 Å². The molecule has 2 rings (SSSR count). The highest BCUT2D eigenvalue weighted by Crippen LogP contribution is 2.31. The number of hydrogen-bond donors (Lipinski definition) is 2. The highest BCUT2D eigenvalue weighted by molar-refractivity contribution is 5.75. The summed E-state index contributed by atoms with van der Waals surface area (Å²) in [5, 5.41) is 10.3. The Morgan fingerprint density at radius 2 is 2.19 bits per heavy atom. The second-order valence-electron chi connectivity index (χ2n) is 5.30. The first-order valence-electron chi connectivity index (χ1n) is 6.48. The summed E-state index contributed by atoms with van der Waals surface area (Å²) >= 11 is 0. The number of aliphatic hydroxyl groups is 1. The number of alkyl halides is 3. The fourth-order valence-corrected chi connectivity index (χ4v) is 2.52. The number of pyridine rings is 1. The predicted octanol–water partition coefficient (Wildman–Crippen LogP) is 1.31. The molecule has 0 radical (unpaired) electrons. The molecule has 1 saturated heterocycles. The number of amides is 1. The Kier molecular flexibility index (Phi) is 4.08. The minimum Gasteiger partial charge on any atom is -0.388 e. The van der Waals surface area contributed by atoms with Gasteiger partial charge in [0.1, 0.15) is 5.82 Å². The predicted molar refractivity (Wildman–Crippen MR) is 69.4 cm³/mol. The van der Waals surface area contributed by atoms with E-state index in [2.05, 4.69) is 4.98 Å². The third-order valence-corrected chi connectivity index (χ3v) is 3.46. The summed E-state index contributed by atoms with van der Waals surface area (Å²) in [6.07, 6.45) is -2.82. The molecule has 1 fully saturated rings. The quantitative estimate of drug-likeness (QED) is 0.882. The van der Waals surface area contributed by atoms with Crippen LogP contribution in [0.3, 0.4) is 0 Å². The van der Waals surface area contributed by atoms with Crippen molar-refractivity contribution >= 4 is 11.7 Å². The van der Waals surface area contributed by atoms with E-state index in [0.717, 1.165) is 12.3 Å². The second kappa shape index (κ2) is 5.51. The van der Waals surface area contributed by atoms with Crippen molar-refractivity contribution in [2.24, 2.45) is 5.73 Å². The second-order valence-corrected chi connectivity index (χ2v) is 5.30. The highest BCUT2D eigenvalue weighted by atomic mass is 19.4. The zero-order chi connectivity index (χ0) is 15.7. The Balaban J connectivity index is 2.13. The molecule has 1 aromatic heterocycles. The molecular formula is C13H16F3N3O2. The molecule has 1 aliphatic heterocycles. The van der Waals surface area contributed by atoms with Gasteiger partial charge in [-0.1, -0.05) is 0 Å². The lowest BCUT2D eigenvalue weighted by Crippen LogP contribution is -2.50. The summed E-state index contributed by atoms with van der Waals surface area (Å²) in [6.45, 7) is 0.674. The lowest BCUT2D eigenvalue weighted by molar-refractivity contribution is -0.137. The lowest BCUT2D eigenvalue weighted by Gasteiger charge is -2.39. The molecule has 2 heterocycles. The van der Waals surface area contributed by atoms with Crippen LogP contribution >= 0.6 is 0 Å². The first kappa shape index (κ1) is 15.6. The monoisotopic (exact) mass is 303 g/mol. The number of nitrogens with two attached hydrogens (primary N) is 1. The maximum Gasteiger partial charge on any atom is 0.417 e. The maximum atomic E-state index is 12.5. The third kappa shape index (κ3) is 3.84. The van der Waals surface area contributed by atoms with Crippen molar-refractivity contribution in [1.82, 2.24) is 4.98 Å².